The number of methoxy groups -OCH3 is 2. The van der Waals surface area contributed by atoms with Crippen molar-refractivity contribution in [1.82, 2.24) is 9.88 Å². The normalized spacial score (nSPS) is 14.3. The lowest BCUT2D eigenvalue weighted by atomic mass is 9.93. The van der Waals surface area contributed by atoms with Crippen LogP contribution in [0.25, 0.3) is 0 Å². The maximum absolute atomic E-state index is 13.6. The molecule has 1 heterocycles. The smallest absolute Gasteiger partial charge is 0.262 e. The van der Waals surface area contributed by atoms with Crippen LogP contribution in [0.1, 0.15) is 48.2 Å². The number of rotatable bonds is 7. The number of hydrogen-bond acceptors (Lipinski definition) is 6. The lowest BCUT2D eigenvalue weighted by Crippen LogP contribution is -2.46. The summed E-state index contributed by atoms with van der Waals surface area (Å²) in [5.74, 6) is 0.362. The number of carbonyl (C=O) groups excluding carboxylic acids is 2. The van der Waals surface area contributed by atoms with E-state index in [9.17, 15) is 9.59 Å². The highest BCUT2D eigenvalue weighted by Gasteiger charge is 2.31. The molecule has 0 unspecified atom stereocenters. The van der Waals surface area contributed by atoms with E-state index in [-0.39, 0.29) is 24.4 Å². The van der Waals surface area contributed by atoms with Crippen LogP contribution in [0.4, 0.5) is 5.13 Å². The van der Waals surface area contributed by atoms with E-state index in [0.717, 1.165) is 37.8 Å². The Morgan fingerprint density at radius 3 is 2.38 bits per heavy atom. The second-order valence-corrected chi connectivity index (χ2v) is 7.96. The first-order valence-corrected chi connectivity index (χ1v) is 10.7. The number of aromatic nitrogens is 1. The second-order valence-electron chi connectivity index (χ2n) is 7.10. The zero-order chi connectivity index (χ0) is 20.8. The molecule has 1 aliphatic carbocycles. The van der Waals surface area contributed by atoms with Crippen LogP contribution in [-0.2, 0) is 4.79 Å². The Kier molecular flexibility index (Phi) is 7.09. The van der Waals surface area contributed by atoms with Gasteiger partial charge in [-0.1, -0.05) is 25.3 Å². The minimum Gasteiger partial charge on any atom is -0.496 e. The van der Waals surface area contributed by atoms with Gasteiger partial charge in [0.15, 0.2) is 5.13 Å². The summed E-state index contributed by atoms with van der Waals surface area (Å²) in [4.78, 5) is 32.2. The molecule has 29 heavy (non-hydrogen) atoms. The monoisotopic (exact) mass is 417 g/mol. The standard InChI is InChI=1S/C21H27N3O4S/c1-14-13-29-21(22-14)23-18(25)12-24(15-8-5-4-6-9-15)20(26)19-16(27-2)10-7-11-17(19)28-3/h7,10-11,13,15H,4-6,8-9,12H2,1-3H3,(H,22,23,25). The van der Waals surface area contributed by atoms with E-state index in [0.29, 0.717) is 22.2 Å². The Morgan fingerprint density at radius 1 is 1.17 bits per heavy atom. The molecule has 2 amide bonds. The quantitative estimate of drug-likeness (QED) is 0.739. The topological polar surface area (TPSA) is 80.8 Å². The summed E-state index contributed by atoms with van der Waals surface area (Å²) in [5.41, 5.74) is 1.20. The number of amides is 2. The molecule has 0 bridgehead atoms. The van der Waals surface area contributed by atoms with Crippen LogP contribution in [0.5, 0.6) is 11.5 Å². The number of nitrogens with zero attached hydrogens (tertiary/aromatic N) is 2. The average molecular weight is 418 g/mol. The SMILES string of the molecule is COc1cccc(OC)c1C(=O)N(CC(=O)Nc1nc(C)cs1)C1CCCCC1. The molecule has 1 N–H and O–H groups in total. The molecule has 0 aliphatic heterocycles. The first-order valence-electron chi connectivity index (χ1n) is 9.77. The maximum atomic E-state index is 13.6. The first-order chi connectivity index (χ1) is 14.0. The number of benzene rings is 1. The largest absolute Gasteiger partial charge is 0.496 e. The van der Waals surface area contributed by atoms with Crippen molar-refractivity contribution in [3.8, 4) is 11.5 Å². The van der Waals surface area contributed by atoms with E-state index >= 15 is 0 Å². The number of carbonyl (C=O) groups is 2. The maximum Gasteiger partial charge on any atom is 0.262 e. The van der Waals surface area contributed by atoms with Gasteiger partial charge in [0.2, 0.25) is 5.91 Å². The first kappa shape index (κ1) is 21.1. The van der Waals surface area contributed by atoms with Gasteiger partial charge < -0.3 is 19.7 Å². The zero-order valence-electron chi connectivity index (χ0n) is 17.1. The highest BCUT2D eigenvalue weighted by atomic mass is 32.1. The van der Waals surface area contributed by atoms with Gasteiger partial charge in [-0.25, -0.2) is 4.98 Å². The van der Waals surface area contributed by atoms with Crippen molar-refractivity contribution in [3.05, 3.63) is 34.8 Å². The fourth-order valence-corrected chi connectivity index (χ4v) is 4.39. The van der Waals surface area contributed by atoms with Crippen LogP contribution < -0.4 is 14.8 Å². The van der Waals surface area contributed by atoms with Crippen LogP contribution in [0, 0.1) is 6.92 Å². The molecular weight excluding hydrogens is 390 g/mol. The molecule has 156 valence electrons. The average Bonchev–Trinajstić information content (AvgIpc) is 3.15. The number of thiazole rings is 1. The number of hydrogen-bond donors (Lipinski definition) is 1. The van der Waals surface area contributed by atoms with Gasteiger partial charge in [0.25, 0.3) is 5.91 Å². The third-order valence-electron chi connectivity index (χ3n) is 5.10. The molecule has 1 aromatic heterocycles. The second kappa shape index (κ2) is 9.73. The van der Waals surface area contributed by atoms with Gasteiger partial charge in [-0.15, -0.1) is 11.3 Å². The van der Waals surface area contributed by atoms with Crippen LogP contribution in [-0.4, -0.2) is 48.5 Å². The summed E-state index contributed by atoms with van der Waals surface area (Å²) in [5, 5.41) is 5.22. The lowest BCUT2D eigenvalue weighted by molar-refractivity contribution is -0.117. The predicted molar refractivity (Wildman–Crippen MR) is 113 cm³/mol. The van der Waals surface area contributed by atoms with E-state index in [1.54, 1.807) is 23.1 Å². The molecular formula is C21H27N3O4S. The molecule has 8 heteroatoms. The van der Waals surface area contributed by atoms with E-state index in [4.69, 9.17) is 9.47 Å². The van der Waals surface area contributed by atoms with Crippen LogP contribution in [0.15, 0.2) is 23.6 Å². The van der Waals surface area contributed by atoms with Gasteiger partial charge in [-0.3, -0.25) is 9.59 Å². The van der Waals surface area contributed by atoms with Crippen molar-refractivity contribution in [2.24, 2.45) is 0 Å². The van der Waals surface area contributed by atoms with Crippen LogP contribution >= 0.6 is 11.3 Å². The molecule has 1 fully saturated rings. The van der Waals surface area contributed by atoms with Crippen LogP contribution in [0.3, 0.4) is 0 Å². The van der Waals surface area contributed by atoms with Crippen molar-refractivity contribution < 1.29 is 19.1 Å². The van der Waals surface area contributed by atoms with Gasteiger partial charge in [0.1, 0.15) is 23.6 Å². The minimum atomic E-state index is -0.257. The number of ether oxygens (including phenoxy) is 2. The fraction of sp³-hybridized carbons (Fsp3) is 0.476. The van der Waals surface area contributed by atoms with Gasteiger partial charge in [-0.05, 0) is 31.9 Å². The summed E-state index contributed by atoms with van der Waals surface area (Å²) >= 11 is 1.37. The summed E-state index contributed by atoms with van der Waals surface area (Å²) in [6, 6.07) is 5.24. The zero-order valence-corrected chi connectivity index (χ0v) is 17.9. The Balaban J connectivity index is 1.87. The number of nitrogens with one attached hydrogen (secondary N) is 1. The van der Waals surface area contributed by atoms with Crippen molar-refractivity contribution in [2.45, 2.75) is 45.1 Å². The lowest BCUT2D eigenvalue weighted by Gasteiger charge is -2.34. The van der Waals surface area contributed by atoms with Crippen molar-refractivity contribution in [1.29, 1.82) is 0 Å². The fourth-order valence-electron chi connectivity index (χ4n) is 3.69. The Hall–Kier alpha value is -2.61. The minimum absolute atomic E-state index is 0.00893. The third-order valence-corrected chi connectivity index (χ3v) is 5.97. The predicted octanol–water partition coefficient (Wildman–Crippen LogP) is 3.88. The van der Waals surface area contributed by atoms with Gasteiger partial charge in [0, 0.05) is 11.4 Å². The summed E-state index contributed by atoms with van der Waals surface area (Å²) in [7, 11) is 3.04. The van der Waals surface area contributed by atoms with Gasteiger partial charge in [0.05, 0.1) is 19.9 Å². The molecule has 1 aliphatic rings. The van der Waals surface area contributed by atoms with E-state index in [2.05, 4.69) is 10.3 Å². The Labute approximate surface area is 175 Å². The molecule has 2 aromatic rings. The molecule has 0 spiro atoms. The van der Waals surface area contributed by atoms with Crippen molar-refractivity contribution in [2.75, 3.05) is 26.1 Å². The van der Waals surface area contributed by atoms with Crippen molar-refractivity contribution in [3.63, 3.8) is 0 Å². The molecule has 7 nitrogen and oxygen atoms in total. The van der Waals surface area contributed by atoms with E-state index in [1.165, 1.54) is 25.6 Å². The molecule has 1 aromatic carbocycles. The molecule has 3 rings (SSSR count). The highest BCUT2D eigenvalue weighted by molar-refractivity contribution is 7.13. The third kappa shape index (κ3) is 5.06. The summed E-state index contributed by atoms with van der Waals surface area (Å²) in [6.07, 6.45) is 5.01. The molecule has 0 atom stereocenters. The van der Waals surface area contributed by atoms with Crippen LogP contribution in [0.2, 0.25) is 0 Å². The Morgan fingerprint density at radius 2 is 1.83 bits per heavy atom. The number of anilines is 1. The number of aryl methyl sites for hydroxylation is 1. The molecule has 0 radical (unpaired) electrons. The molecule has 1 saturated carbocycles. The highest BCUT2D eigenvalue weighted by Crippen LogP contribution is 2.32. The summed E-state index contributed by atoms with van der Waals surface area (Å²) < 4.78 is 10.8. The van der Waals surface area contributed by atoms with Gasteiger partial charge in [-0.2, -0.15) is 0 Å². The van der Waals surface area contributed by atoms with Gasteiger partial charge >= 0.3 is 0 Å². The van der Waals surface area contributed by atoms with E-state index < -0.39 is 0 Å². The summed E-state index contributed by atoms with van der Waals surface area (Å²) in [6.45, 7) is 1.83. The Bertz CT molecular complexity index is 839. The molecule has 0 saturated heterocycles. The van der Waals surface area contributed by atoms with Crippen molar-refractivity contribution >= 4 is 28.3 Å². The van der Waals surface area contributed by atoms with E-state index in [1.807, 2.05) is 12.3 Å².